The Balaban J connectivity index is 2.04. The first kappa shape index (κ1) is 12.2. The highest BCUT2D eigenvalue weighted by Crippen LogP contribution is 2.28. The first-order valence-electron chi connectivity index (χ1n) is 5.85. The Hall–Kier alpha value is -1.84. The zero-order chi connectivity index (χ0) is 13.4. The molecule has 0 radical (unpaired) electrons. The molecule has 0 aliphatic rings. The highest BCUT2D eigenvalue weighted by atomic mass is 35.5. The summed E-state index contributed by atoms with van der Waals surface area (Å²) in [5.74, 6) is -0.505. The monoisotopic (exact) mass is 275 g/mol. The maximum absolute atomic E-state index is 13.8. The van der Waals surface area contributed by atoms with Crippen molar-refractivity contribution in [2.24, 2.45) is 0 Å². The third-order valence-corrected chi connectivity index (χ3v) is 3.39. The Bertz CT molecular complexity index is 738. The number of aromatic nitrogens is 1. The summed E-state index contributed by atoms with van der Waals surface area (Å²) < 4.78 is 13.8. The molecule has 0 saturated heterocycles. The molecule has 96 valence electrons. The molecule has 0 spiro atoms. The summed E-state index contributed by atoms with van der Waals surface area (Å²) in [6.07, 6.45) is 0.820. The van der Waals surface area contributed by atoms with Gasteiger partial charge in [0.25, 0.3) is 0 Å². The van der Waals surface area contributed by atoms with E-state index in [9.17, 15) is 9.50 Å². The standard InChI is InChI=1S/C15H11ClFNO/c16-11-2-3-12(13(17)8-11)15(19)10-1-4-14-9(7-10)5-6-18-14/h1-8,15,18-19H. The molecule has 0 fully saturated rings. The van der Waals surface area contributed by atoms with Crippen LogP contribution in [-0.4, -0.2) is 10.1 Å². The lowest BCUT2D eigenvalue weighted by Crippen LogP contribution is -2.02. The molecule has 0 amide bonds. The Kier molecular flexibility index (Phi) is 3.01. The van der Waals surface area contributed by atoms with Crippen molar-refractivity contribution >= 4 is 22.5 Å². The van der Waals surface area contributed by atoms with Crippen molar-refractivity contribution in [2.45, 2.75) is 6.10 Å². The second-order valence-electron chi connectivity index (χ2n) is 4.39. The second-order valence-corrected chi connectivity index (χ2v) is 4.83. The summed E-state index contributed by atoms with van der Waals surface area (Å²) in [7, 11) is 0. The van der Waals surface area contributed by atoms with Crippen molar-refractivity contribution in [3.8, 4) is 0 Å². The summed E-state index contributed by atoms with van der Waals surface area (Å²) in [4.78, 5) is 3.07. The van der Waals surface area contributed by atoms with E-state index >= 15 is 0 Å². The van der Waals surface area contributed by atoms with Gasteiger partial charge in [-0.05, 0) is 41.3 Å². The smallest absolute Gasteiger partial charge is 0.130 e. The van der Waals surface area contributed by atoms with Crippen molar-refractivity contribution in [3.63, 3.8) is 0 Å². The van der Waals surface area contributed by atoms with Gasteiger partial charge in [-0.25, -0.2) is 4.39 Å². The number of hydrogen-bond acceptors (Lipinski definition) is 1. The van der Waals surface area contributed by atoms with Gasteiger partial charge in [-0.2, -0.15) is 0 Å². The van der Waals surface area contributed by atoms with Gasteiger partial charge in [0.05, 0.1) is 0 Å². The molecule has 0 aliphatic carbocycles. The van der Waals surface area contributed by atoms with E-state index < -0.39 is 11.9 Å². The molecule has 1 aromatic heterocycles. The largest absolute Gasteiger partial charge is 0.384 e. The van der Waals surface area contributed by atoms with Crippen LogP contribution in [0.3, 0.4) is 0 Å². The fourth-order valence-corrected chi connectivity index (χ4v) is 2.30. The van der Waals surface area contributed by atoms with E-state index in [1.807, 2.05) is 24.4 Å². The normalized spacial score (nSPS) is 12.8. The minimum atomic E-state index is -1.00. The Morgan fingerprint density at radius 2 is 1.95 bits per heavy atom. The van der Waals surface area contributed by atoms with E-state index in [1.165, 1.54) is 12.1 Å². The summed E-state index contributed by atoms with van der Waals surface area (Å²) in [6.45, 7) is 0. The van der Waals surface area contributed by atoms with E-state index in [1.54, 1.807) is 12.1 Å². The minimum Gasteiger partial charge on any atom is -0.384 e. The number of hydrogen-bond donors (Lipinski definition) is 2. The third-order valence-electron chi connectivity index (χ3n) is 3.15. The van der Waals surface area contributed by atoms with E-state index in [0.717, 1.165) is 10.9 Å². The lowest BCUT2D eigenvalue weighted by Gasteiger charge is -2.12. The van der Waals surface area contributed by atoms with Gasteiger partial charge in [0, 0.05) is 22.3 Å². The number of aliphatic hydroxyl groups excluding tert-OH is 1. The average molecular weight is 276 g/mol. The van der Waals surface area contributed by atoms with Crippen LogP contribution in [0.15, 0.2) is 48.7 Å². The molecule has 0 saturated carbocycles. The van der Waals surface area contributed by atoms with Crippen LogP contribution in [-0.2, 0) is 0 Å². The SMILES string of the molecule is OC(c1ccc2[nH]ccc2c1)c1ccc(Cl)cc1F. The number of rotatable bonds is 2. The zero-order valence-corrected chi connectivity index (χ0v) is 10.7. The van der Waals surface area contributed by atoms with Crippen LogP contribution in [0.25, 0.3) is 10.9 Å². The van der Waals surface area contributed by atoms with Crippen molar-refractivity contribution in [2.75, 3.05) is 0 Å². The molecular weight excluding hydrogens is 265 g/mol. The average Bonchev–Trinajstić information content (AvgIpc) is 2.85. The van der Waals surface area contributed by atoms with Gasteiger partial charge < -0.3 is 10.1 Å². The molecule has 1 heterocycles. The maximum atomic E-state index is 13.8. The topological polar surface area (TPSA) is 36.0 Å². The van der Waals surface area contributed by atoms with E-state index in [2.05, 4.69) is 4.98 Å². The first-order valence-corrected chi connectivity index (χ1v) is 6.23. The lowest BCUT2D eigenvalue weighted by atomic mass is 10.00. The van der Waals surface area contributed by atoms with Crippen molar-refractivity contribution in [1.82, 2.24) is 4.98 Å². The minimum absolute atomic E-state index is 0.222. The molecule has 2 N–H and O–H groups in total. The number of nitrogens with one attached hydrogen (secondary N) is 1. The van der Waals surface area contributed by atoms with Crippen LogP contribution < -0.4 is 0 Å². The molecule has 1 atom stereocenters. The summed E-state index contributed by atoms with van der Waals surface area (Å²) >= 11 is 5.71. The molecule has 0 bridgehead atoms. The van der Waals surface area contributed by atoms with Crippen molar-refractivity contribution in [3.05, 3.63) is 70.6 Å². The molecule has 3 aromatic rings. The van der Waals surface area contributed by atoms with Gasteiger partial charge in [-0.3, -0.25) is 0 Å². The van der Waals surface area contributed by atoms with Crippen LogP contribution in [0.2, 0.25) is 5.02 Å². The van der Waals surface area contributed by atoms with Gasteiger partial charge in [-0.1, -0.05) is 23.7 Å². The quantitative estimate of drug-likeness (QED) is 0.727. The second kappa shape index (κ2) is 4.68. The molecule has 2 aromatic carbocycles. The highest BCUT2D eigenvalue weighted by Gasteiger charge is 2.15. The Morgan fingerprint density at radius 1 is 1.11 bits per heavy atom. The molecule has 0 aliphatic heterocycles. The molecule has 2 nitrogen and oxygen atoms in total. The van der Waals surface area contributed by atoms with Crippen molar-refractivity contribution < 1.29 is 9.50 Å². The van der Waals surface area contributed by atoms with Gasteiger partial charge >= 0.3 is 0 Å². The van der Waals surface area contributed by atoms with Crippen LogP contribution in [0, 0.1) is 5.82 Å². The fraction of sp³-hybridized carbons (Fsp3) is 0.0667. The number of aromatic amines is 1. The first-order chi connectivity index (χ1) is 9.15. The van der Waals surface area contributed by atoms with Gasteiger partial charge in [0.2, 0.25) is 0 Å². The summed E-state index contributed by atoms with van der Waals surface area (Å²) in [5, 5.41) is 11.6. The number of H-pyrrole nitrogens is 1. The molecular formula is C15H11ClFNO. The summed E-state index contributed by atoms with van der Waals surface area (Å²) in [6, 6.07) is 11.7. The predicted octanol–water partition coefficient (Wildman–Crippen LogP) is 4.04. The Labute approximate surface area is 114 Å². The predicted molar refractivity (Wildman–Crippen MR) is 73.8 cm³/mol. The fourth-order valence-electron chi connectivity index (χ4n) is 2.14. The van der Waals surface area contributed by atoms with Crippen LogP contribution in [0.4, 0.5) is 4.39 Å². The van der Waals surface area contributed by atoms with E-state index in [-0.39, 0.29) is 5.56 Å². The molecule has 19 heavy (non-hydrogen) atoms. The van der Waals surface area contributed by atoms with E-state index in [4.69, 9.17) is 11.6 Å². The van der Waals surface area contributed by atoms with Crippen molar-refractivity contribution in [1.29, 1.82) is 0 Å². The highest BCUT2D eigenvalue weighted by molar-refractivity contribution is 6.30. The maximum Gasteiger partial charge on any atom is 0.130 e. The Morgan fingerprint density at radius 3 is 2.74 bits per heavy atom. The van der Waals surface area contributed by atoms with Gasteiger partial charge in [-0.15, -0.1) is 0 Å². The van der Waals surface area contributed by atoms with Gasteiger partial charge in [0.15, 0.2) is 0 Å². The zero-order valence-electron chi connectivity index (χ0n) is 9.90. The van der Waals surface area contributed by atoms with Crippen LogP contribution in [0.1, 0.15) is 17.2 Å². The molecule has 1 unspecified atom stereocenters. The molecule has 3 rings (SSSR count). The van der Waals surface area contributed by atoms with Crippen LogP contribution in [0.5, 0.6) is 0 Å². The number of benzene rings is 2. The van der Waals surface area contributed by atoms with Gasteiger partial charge in [0.1, 0.15) is 11.9 Å². The number of aliphatic hydroxyl groups is 1. The van der Waals surface area contributed by atoms with E-state index in [0.29, 0.717) is 10.6 Å². The van der Waals surface area contributed by atoms with Crippen LogP contribution >= 0.6 is 11.6 Å². The molecule has 4 heteroatoms. The lowest BCUT2D eigenvalue weighted by molar-refractivity contribution is 0.215. The summed E-state index contributed by atoms with van der Waals surface area (Å²) in [5.41, 5.74) is 1.85. The number of halogens is 2. The number of fused-ring (bicyclic) bond motifs is 1. The third kappa shape index (κ3) is 2.23.